The molecule has 0 aliphatic carbocycles. The van der Waals surface area contributed by atoms with Crippen LogP contribution in [0, 0.1) is 35.5 Å². The summed E-state index contributed by atoms with van der Waals surface area (Å²) in [7, 11) is 0. The molecule has 0 aliphatic rings. The van der Waals surface area contributed by atoms with Gasteiger partial charge in [-0.15, -0.1) is 0 Å². The van der Waals surface area contributed by atoms with Crippen molar-refractivity contribution in [3.05, 3.63) is 88.0 Å². The van der Waals surface area contributed by atoms with Gasteiger partial charge in [0.05, 0.1) is 16.7 Å². The van der Waals surface area contributed by atoms with E-state index in [1.54, 1.807) is 59.7 Å². The van der Waals surface area contributed by atoms with E-state index < -0.39 is 16.8 Å². The first-order valence-corrected chi connectivity index (χ1v) is 14.7. The number of carbonyl (C=O) groups is 3. The number of hydrogen-bond donors (Lipinski definition) is 6. The molecule has 6 N–H and O–H groups in total. The van der Waals surface area contributed by atoms with Crippen LogP contribution in [0.5, 0.6) is 17.2 Å². The fourth-order valence-electron chi connectivity index (χ4n) is 3.36. The van der Waals surface area contributed by atoms with Gasteiger partial charge in [-0.2, -0.15) is 0 Å². The summed E-state index contributed by atoms with van der Waals surface area (Å²) < 4.78 is 0. The number of ketones is 3. The molecule has 0 saturated carbocycles. The predicted molar refractivity (Wildman–Crippen MR) is 184 cm³/mol. The lowest BCUT2D eigenvalue weighted by atomic mass is 10.1. The number of phenolic OH excluding ortho intramolecular Hbond substituents is 3. The molecule has 252 valence electrons. The number of Topliss-reactive ketones (excluding diaryl/α,β-unsaturated/α-hetero) is 3. The molecule has 3 rings (SSSR count). The summed E-state index contributed by atoms with van der Waals surface area (Å²) in [5.74, 6) is 15.3. The van der Waals surface area contributed by atoms with Crippen molar-refractivity contribution in [2.24, 2.45) is 0 Å². The molecular formula is C39H42O9. The van der Waals surface area contributed by atoms with E-state index in [0.717, 1.165) is 0 Å². The third-order valence-electron chi connectivity index (χ3n) is 5.67. The SMILES string of the molecule is CC(=O)c1cc(C#CC(C)(C)O)ccc1O.CC(=O)c1cc(C#CC(C)(C)O)ccc1O.CC(=O)c1cc(C#CC(C)(C)O)ccc1O. The summed E-state index contributed by atoms with van der Waals surface area (Å²) in [5.41, 5.74) is -0.746. The summed E-state index contributed by atoms with van der Waals surface area (Å²) >= 11 is 0. The van der Waals surface area contributed by atoms with E-state index in [2.05, 4.69) is 35.5 Å². The third kappa shape index (κ3) is 15.8. The fraction of sp³-hybridized carbons (Fsp3) is 0.308. The molecule has 0 aliphatic heterocycles. The smallest absolute Gasteiger partial charge is 0.163 e. The highest BCUT2D eigenvalue weighted by molar-refractivity contribution is 5.98. The highest BCUT2D eigenvalue weighted by Crippen LogP contribution is 2.20. The minimum atomic E-state index is -1.08. The lowest BCUT2D eigenvalue weighted by molar-refractivity contribution is 0.100. The van der Waals surface area contributed by atoms with Gasteiger partial charge in [0.15, 0.2) is 17.3 Å². The zero-order valence-corrected chi connectivity index (χ0v) is 28.6. The van der Waals surface area contributed by atoms with Crippen molar-refractivity contribution in [3.63, 3.8) is 0 Å². The van der Waals surface area contributed by atoms with Crippen LogP contribution in [-0.4, -0.2) is 64.8 Å². The first-order chi connectivity index (χ1) is 21.9. The van der Waals surface area contributed by atoms with Gasteiger partial charge in [-0.05, 0) is 117 Å². The average molecular weight is 655 g/mol. The van der Waals surface area contributed by atoms with Gasteiger partial charge in [0.2, 0.25) is 0 Å². The second-order valence-corrected chi connectivity index (χ2v) is 12.3. The molecule has 0 atom stereocenters. The van der Waals surface area contributed by atoms with Gasteiger partial charge in [-0.25, -0.2) is 0 Å². The summed E-state index contributed by atoms with van der Waals surface area (Å²) in [6.07, 6.45) is 0. The zero-order chi connectivity index (χ0) is 37.0. The van der Waals surface area contributed by atoms with Crippen molar-refractivity contribution < 1.29 is 45.0 Å². The van der Waals surface area contributed by atoms with E-state index in [-0.39, 0.29) is 51.3 Å². The quantitative estimate of drug-likeness (QED) is 0.165. The molecule has 0 aromatic heterocycles. The fourth-order valence-corrected chi connectivity index (χ4v) is 3.36. The Bertz CT molecular complexity index is 1630. The van der Waals surface area contributed by atoms with Crippen LogP contribution in [0.15, 0.2) is 54.6 Å². The number of carbonyl (C=O) groups excluding carboxylic acids is 3. The highest BCUT2D eigenvalue weighted by Gasteiger charge is 2.11. The number of rotatable bonds is 3. The molecule has 0 heterocycles. The minimum Gasteiger partial charge on any atom is -0.507 e. The van der Waals surface area contributed by atoms with Crippen molar-refractivity contribution in [1.82, 2.24) is 0 Å². The van der Waals surface area contributed by atoms with Gasteiger partial charge in [-0.3, -0.25) is 14.4 Å². The summed E-state index contributed by atoms with van der Waals surface area (Å²) in [5, 5.41) is 56.5. The van der Waals surface area contributed by atoms with Crippen LogP contribution in [0.25, 0.3) is 0 Å². The van der Waals surface area contributed by atoms with Crippen molar-refractivity contribution in [1.29, 1.82) is 0 Å². The molecule has 0 fully saturated rings. The number of aromatic hydroxyl groups is 3. The summed E-state index contributed by atoms with van der Waals surface area (Å²) in [6, 6.07) is 13.6. The van der Waals surface area contributed by atoms with Crippen LogP contribution in [0.1, 0.15) is 110 Å². The number of aliphatic hydroxyl groups is 3. The Kier molecular flexibility index (Phi) is 14.4. The first kappa shape index (κ1) is 40.7. The van der Waals surface area contributed by atoms with E-state index in [9.17, 15) is 45.0 Å². The maximum atomic E-state index is 11.2. The second-order valence-electron chi connectivity index (χ2n) is 12.3. The van der Waals surface area contributed by atoms with Crippen molar-refractivity contribution in [3.8, 4) is 52.8 Å². The zero-order valence-electron chi connectivity index (χ0n) is 28.6. The van der Waals surface area contributed by atoms with Crippen molar-refractivity contribution in [2.75, 3.05) is 0 Å². The lowest BCUT2D eigenvalue weighted by Crippen LogP contribution is -2.14. The number of phenols is 3. The van der Waals surface area contributed by atoms with Gasteiger partial charge >= 0.3 is 0 Å². The third-order valence-corrected chi connectivity index (χ3v) is 5.67. The van der Waals surface area contributed by atoms with E-state index in [1.807, 2.05) is 0 Å². The van der Waals surface area contributed by atoms with E-state index in [4.69, 9.17) is 0 Å². The molecule has 9 nitrogen and oxygen atoms in total. The maximum Gasteiger partial charge on any atom is 0.163 e. The van der Waals surface area contributed by atoms with Gasteiger partial charge in [0.25, 0.3) is 0 Å². The van der Waals surface area contributed by atoms with Gasteiger partial charge < -0.3 is 30.6 Å². The Hall–Kier alpha value is -5.37. The monoisotopic (exact) mass is 654 g/mol. The Morgan fingerprint density at radius 3 is 0.833 bits per heavy atom. The normalized spacial score (nSPS) is 10.5. The first-order valence-electron chi connectivity index (χ1n) is 14.7. The van der Waals surface area contributed by atoms with Crippen LogP contribution < -0.4 is 0 Å². The van der Waals surface area contributed by atoms with Crippen LogP contribution >= 0.6 is 0 Å². The molecule has 3 aromatic rings. The average Bonchev–Trinajstić information content (AvgIpc) is 2.95. The number of benzene rings is 3. The molecule has 48 heavy (non-hydrogen) atoms. The van der Waals surface area contributed by atoms with Crippen molar-refractivity contribution >= 4 is 17.3 Å². The van der Waals surface area contributed by atoms with Crippen LogP contribution in [0.3, 0.4) is 0 Å². The van der Waals surface area contributed by atoms with Gasteiger partial charge in [0.1, 0.15) is 34.1 Å². The summed E-state index contributed by atoms with van der Waals surface area (Å²) in [4.78, 5) is 33.5. The van der Waals surface area contributed by atoms with Gasteiger partial charge in [0, 0.05) is 16.7 Å². The largest absolute Gasteiger partial charge is 0.507 e. The van der Waals surface area contributed by atoms with E-state index >= 15 is 0 Å². The molecule has 3 aromatic carbocycles. The molecule has 0 unspecified atom stereocenters. The van der Waals surface area contributed by atoms with Gasteiger partial charge in [-0.1, -0.05) is 35.5 Å². The van der Waals surface area contributed by atoms with Crippen LogP contribution in [0.2, 0.25) is 0 Å². The predicted octanol–water partition coefficient (Wildman–Crippen LogP) is 5.15. The maximum absolute atomic E-state index is 11.2. The second kappa shape index (κ2) is 17.0. The topological polar surface area (TPSA) is 173 Å². The highest BCUT2D eigenvalue weighted by atomic mass is 16.3. The molecular weight excluding hydrogens is 612 g/mol. The Balaban J connectivity index is 0.000000360. The Labute approximate surface area is 281 Å². The van der Waals surface area contributed by atoms with Crippen LogP contribution in [-0.2, 0) is 0 Å². The van der Waals surface area contributed by atoms with Crippen LogP contribution in [0.4, 0.5) is 0 Å². The number of hydrogen-bond acceptors (Lipinski definition) is 9. The molecule has 9 heteroatoms. The van der Waals surface area contributed by atoms with E-state index in [1.165, 1.54) is 57.2 Å². The Morgan fingerprint density at radius 1 is 0.458 bits per heavy atom. The van der Waals surface area contributed by atoms with E-state index in [0.29, 0.717) is 16.7 Å². The Morgan fingerprint density at radius 2 is 0.667 bits per heavy atom. The van der Waals surface area contributed by atoms with Crippen molar-refractivity contribution in [2.45, 2.75) is 79.1 Å². The molecule has 0 spiro atoms. The summed E-state index contributed by atoms with van der Waals surface area (Å²) in [6.45, 7) is 13.6. The standard InChI is InChI=1S/3C13H14O3/c3*1-9(14)11-8-10(4-5-12(11)15)6-7-13(2,3)16/h3*4-5,8,15-16H,1-3H3. The lowest BCUT2D eigenvalue weighted by Gasteiger charge is -2.06. The molecule has 0 radical (unpaired) electrons. The minimum absolute atomic E-state index is 0.0543. The molecule has 0 bridgehead atoms. The molecule has 0 amide bonds. The molecule has 0 saturated heterocycles.